The highest BCUT2D eigenvalue weighted by Crippen LogP contribution is 2.11. The topological polar surface area (TPSA) is 34.9 Å². The molecule has 0 aliphatic heterocycles. The summed E-state index contributed by atoms with van der Waals surface area (Å²) >= 11 is 0. The Balaban J connectivity index is 2.43. The second-order valence-electron chi connectivity index (χ2n) is 4.05. The number of carbonyl (C=O) groups is 1. The molecule has 3 heteroatoms. The van der Waals surface area contributed by atoms with Gasteiger partial charge >= 0.3 is 0 Å². The van der Waals surface area contributed by atoms with Crippen LogP contribution in [0.25, 0.3) is 5.69 Å². The number of hydrogen-bond acceptors (Lipinski definition) is 2. The Morgan fingerprint density at radius 2 is 1.88 bits per heavy atom. The van der Waals surface area contributed by atoms with Gasteiger partial charge in [-0.2, -0.15) is 5.10 Å². The highest BCUT2D eigenvalue weighted by atomic mass is 16.1. The summed E-state index contributed by atoms with van der Waals surface area (Å²) in [5.41, 5.74) is 2.45. The zero-order valence-corrected chi connectivity index (χ0v) is 9.92. The maximum absolute atomic E-state index is 12.0. The first-order valence-electron chi connectivity index (χ1n) is 5.47. The normalized spacial score (nSPS) is 10.0. The molecule has 0 aliphatic carbocycles. The summed E-state index contributed by atoms with van der Waals surface area (Å²) in [5.74, 6) is -0.0219. The van der Waals surface area contributed by atoms with Crippen LogP contribution < -0.4 is 0 Å². The summed E-state index contributed by atoms with van der Waals surface area (Å²) in [4.78, 5) is 12.0. The maximum atomic E-state index is 12.0. The van der Waals surface area contributed by atoms with Gasteiger partial charge in [-0.3, -0.25) is 4.79 Å². The molecule has 17 heavy (non-hydrogen) atoms. The molecule has 0 saturated heterocycles. The average molecular weight is 226 g/mol. The van der Waals surface area contributed by atoms with Crippen molar-refractivity contribution in [2.75, 3.05) is 0 Å². The number of aromatic nitrogens is 2. The van der Waals surface area contributed by atoms with E-state index in [0.717, 1.165) is 11.3 Å². The first kappa shape index (κ1) is 11.3. The van der Waals surface area contributed by atoms with Crippen LogP contribution in [0.1, 0.15) is 24.3 Å². The first-order valence-corrected chi connectivity index (χ1v) is 5.47. The Bertz CT molecular complexity index is 549. The molecule has 0 bridgehead atoms. The standard InChI is InChI=1S/C14H14N2O/c1-11(2)10-14(17)13-8-9-15-16(13)12-6-4-3-5-7-12/h3-10H,1-2H3. The quantitative estimate of drug-likeness (QED) is 0.595. The van der Waals surface area contributed by atoms with E-state index >= 15 is 0 Å². The van der Waals surface area contributed by atoms with E-state index < -0.39 is 0 Å². The number of benzene rings is 1. The zero-order valence-electron chi connectivity index (χ0n) is 9.92. The van der Waals surface area contributed by atoms with Gasteiger partial charge in [0.2, 0.25) is 5.78 Å². The number of nitrogens with zero attached hydrogens (tertiary/aromatic N) is 2. The fourth-order valence-corrected chi connectivity index (χ4v) is 1.60. The summed E-state index contributed by atoms with van der Waals surface area (Å²) in [5, 5.41) is 4.18. The van der Waals surface area contributed by atoms with Crippen molar-refractivity contribution in [3.05, 3.63) is 59.9 Å². The van der Waals surface area contributed by atoms with Crippen molar-refractivity contribution in [1.29, 1.82) is 0 Å². The van der Waals surface area contributed by atoms with Crippen LogP contribution in [0.4, 0.5) is 0 Å². The predicted octanol–water partition coefficient (Wildman–Crippen LogP) is 3.02. The predicted molar refractivity (Wildman–Crippen MR) is 67.3 cm³/mol. The van der Waals surface area contributed by atoms with Gasteiger partial charge in [-0.05, 0) is 38.1 Å². The Labute approximate surface area is 100 Å². The fourth-order valence-electron chi connectivity index (χ4n) is 1.60. The van der Waals surface area contributed by atoms with Crippen LogP contribution in [-0.2, 0) is 0 Å². The summed E-state index contributed by atoms with van der Waals surface area (Å²) in [7, 11) is 0. The summed E-state index contributed by atoms with van der Waals surface area (Å²) < 4.78 is 1.65. The largest absolute Gasteiger partial charge is 0.288 e. The van der Waals surface area contributed by atoms with E-state index in [1.54, 1.807) is 23.0 Å². The van der Waals surface area contributed by atoms with Crippen LogP contribution in [0.15, 0.2) is 54.2 Å². The van der Waals surface area contributed by atoms with Gasteiger partial charge in [-0.15, -0.1) is 0 Å². The molecular formula is C14H14N2O. The molecular weight excluding hydrogens is 212 g/mol. The van der Waals surface area contributed by atoms with E-state index in [9.17, 15) is 4.79 Å². The highest BCUT2D eigenvalue weighted by molar-refractivity contribution is 6.03. The third-order valence-corrected chi connectivity index (χ3v) is 2.32. The summed E-state index contributed by atoms with van der Waals surface area (Å²) in [6.07, 6.45) is 3.26. The zero-order chi connectivity index (χ0) is 12.3. The van der Waals surface area contributed by atoms with Crippen LogP contribution in [0.3, 0.4) is 0 Å². The van der Waals surface area contributed by atoms with Gasteiger partial charge in [-0.25, -0.2) is 4.68 Å². The van der Waals surface area contributed by atoms with Gasteiger partial charge in [0, 0.05) is 0 Å². The van der Waals surface area contributed by atoms with Crippen molar-refractivity contribution < 1.29 is 4.79 Å². The molecule has 2 aromatic rings. The lowest BCUT2D eigenvalue weighted by Gasteiger charge is -2.04. The Kier molecular flexibility index (Phi) is 3.19. The smallest absolute Gasteiger partial charge is 0.204 e. The van der Waals surface area contributed by atoms with E-state index in [1.165, 1.54) is 0 Å². The summed E-state index contributed by atoms with van der Waals surface area (Å²) in [6.45, 7) is 3.81. The number of ketones is 1. The van der Waals surface area contributed by atoms with E-state index in [2.05, 4.69) is 5.10 Å². The van der Waals surface area contributed by atoms with E-state index in [0.29, 0.717) is 5.69 Å². The fraction of sp³-hybridized carbons (Fsp3) is 0.143. The van der Waals surface area contributed by atoms with Crippen molar-refractivity contribution in [2.24, 2.45) is 0 Å². The second-order valence-corrected chi connectivity index (χ2v) is 4.05. The molecule has 0 N–H and O–H groups in total. The molecule has 2 rings (SSSR count). The van der Waals surface area contributed by atoms with Crippen molar-refractivity contribution in [2.45, 2.75) is 13.8 Å². The summed E-state index contributed by atoms with van der Waals surface area (Å²) in [6, 6.07) is 11.4. The Morgan fingerprint density at radius 1 is 1.18 bits per heavy atom. The molecule has 0 fully saturated rings. The number of hydrogen-bond donors (Lipinski definition) is 0. The molecule has 0 saturated carbocycles. The van der Waals surface area contributed by atoms with Gasteiger partial charge in [-0.1, -0.05) is 23.8 Å². The van der Waals surface area contributed by atoms with Crippen molar-refractivity contribution in [1.82, 2.24) is 9.78 Å². The molecule has 0 unspecified atom stereocenters. The molecule has 0 radical (unpaired) electrons. The molecule has 0 aliphatic rings. The maximum Gasteiger partial charge on any atom is 0.204 e. The molecule has 0 amide bonds. The van der Waals surface area contributed by atoms with Crippen LogP contribution in [0.2, 0.25) is 0 Å². The Hall–Kier alpha value is -2.16. The second kappa shape index (κ2) is 4.78. The lowest BCUT2D eigenvalue weighted by molar-refractivity contribution is 0.103. The van der Waals surface area contributed by atoms with E-state index in [4.69, 9.17) is 0 Å². The molecule has 1 aromatic heterocycles. The molecule has 1 heterocycles. The number of para-hydroxylation sites is 1. The van der Waals surface area contributed by atoms with Crippen LogP contribution in [0, 0.1) is 0 Å². The highest BCUT2D eigenvalue weighted by Gasteiger charge is 2.10. The minimum Gasteiger partial charge on any atom is -0.288 e. The molecule has 1 aromatic carbocycles. The number of rotatable bonds is 3. The third kappa shape index (κ3) is 2.50. The van der Waals surface area contributed by atoms with Gasteiger partial charge < -0.3 is 0 Å². The van der Waals surface area contributed by atoms with Crippen LogP contribution >= 0.6 is 0 Å². The first-order chi connectivity index (χ1) is 8.18. The van der Waals surface area contributed by atoms with E-state index in [1.807, 2.05) is 44.2 Å². The average Bonchev–Trinajstić information content (AvgIpc) is 2.78. The molecule has 3 nitrogen and oxygen atoms in total. The molecule has 0 spiro atoms. The Morgan fingerprint density at radius 3 is 2.53 bits per heavy atom. The number of carbonyl (C=O) groups excluding carboxylic acids is 1. The van der Waals surface area contributed by atoms with Gasteiger partial charge in [0.25, 0.3) is 0 Å². The SMILES string of the molecule is CC(C)=CC(=O)c1ccnn1-c1ccccc1. The van der Waals surface area contributed by atoms with Crippen molar-refractivity contribution in [3.8, 4) is 5.69 Å². The number of allylic oxidation sites excluding steroid dienone is 2. The van der Waals surface area contributed by atoms with Gasteiger partial charge in [0.15, 0.2) is 0 Å². The third-order valence-electron chi connectivity index (χ3n) is 2.32. The van der Waals surface area contributed by atoms with Crippen LogP contribution in [-0.4, -0.2) is 15.6 Å². The minimum absolute atomic E-state index is 0.0219. The van der Waals surface area contributed by atoms with Gasteiger partial charge in [0.1, 0.15) is 5.69 Å². The molecule has 86 valence electrons. The monoisotopic (exact) mass is 226 g/mol. The van der Waals surface area contributed by atoms with Crippen molar-refractivity contribution in [3.63, 3.8) is 0 Å². The molecule has 0 atom stereocenters. The lowest BCUT2D eigenvalue weighted by atomic mass is 10.2. The van der Waals surface area contributed by atoms with Crippen molar-refractivity contribution >= 4 is 5.78 Å². The van der Waals surface area contributed by atoms with Gasteiger partial charge in [0.05, 0.1) is 11.9 Å². The lowest BCUT2D eigenvalue weighted by Crippen LogP contribution is -2.06. The van der Waals surface area contributed by atoms with Crippen LogP contribution in [0.5, 0.6) is 0 Å². The minimum atomic E-state index is -0.0219. The van der Waals surface area contributed by atoms with E-state index in [-0.39, 0.29) is 5.78 Å².